The summed E-state index contributed by atoms with van der Waals surface area (Å²) in [7, 11) is 5.84. The Morgan fingerprint density at radius 1 is 1.24 bits per heavy atom. The second-order valence-electron chi connectivity index (χ2n) is 11.4. The fourth-order valence-electron chi connectivity index (χ4n) is 6.18. The fourth-order valence-corrected chi connectivity index (χ4v) is 6.18. The predicted molar refractivity (Wildman–Crippen MR) is 152 cm³/mol. The number of hydrogen-bond donors (Lipinski definition) is 2. The summed E-state index contributed by atoms with van der Waals surface area (Å²) in [4.78, 5) is 47.8. The van der Waals surface area contributed by atoms with E-state index in [0.717, 1.165) is 29.4 Å². The van der Waals surface area contributed by atoms with Crippen LogP contribution in [0.4, 0.5) is 4.79 Å². The molecule has 11 nitrogen and oxygen atoms in total. The van der Waals surface area contributed by atoms with Crippen LogP contribution in [0.2, 0.25) is 0 Å². The van der Waals surface area contributed by atoms with Gasteiger partial charge in [0, 0.05) is 47.8 Å². The van der Waals surface area contributed by atoms with E-state index in [-0.39, 0.29) is 35.8 Å². The lowest BCUT2D eigenvalue weighted by Gasteiger charge is -2.31. The van der Waals surface area contributed by atoms with Gasteiger partial charge in [-0.2, -0.15) is 0 Å². The third-order valence-electron chi connectivity index (χ3n) is 8.59. The molecule has 2 N–H and O–H groups in total. The number of aromatic nitrogens is 2. The Morgan fingerprint density at radius 2 is 2.00 bits per heavy atom. The van der Waals surface area contributed by atoms with Crippen molar-refractivity contribution in [1.82, 2.24) is 24.7 Å². The van der Waals surface area contributed by atoms with E-state index in [1.165, 1.54) is 0 Å². The minimum atomic E-state index is -1.87. The van der Waals surface area contributed by atoms with Gasteiger partial charge in [-0.05, 0) is 64.7 Å². The van der Waals surface area contributed by atoms with E-state index in [1.807, 2.05) is 38.2 Å². The lowest BCUT2D eigenvalue weighted by Crippen LogP contribution is -2.45. The molecule has 3 aliphatic rings. The summed E-state index contributed by atoms with van der Waals surface area (Å²) in [6.07, 6.45) is 1.48. The molecular weight excluding hydrogens is 526 g/mol. The number of nitrogens with one attached hydrogen (secondary N) is 1. The highest BCUT2D eigenvalue weighted by Gasteiger charge is 2.45. The van der Waals surface area contributed by atoms with Gasteiger partial charge in [-0.1, -0.05) is 6.92 Å². The first kappa shape index (κ1) is 27.4. The van der Waals surface area contributed by atoms with Gasteiger partial charge in [0.25, 0.3) is 5.56 Å². The summed E-state index contributed by atoms with van der Waals surface area (Å²) in [6, 6.07) is 7.72. The average molecular weight is 562 g/mol. The highest BCUT2D eigenvalue weighted by atomic mass is 16.6. The summed E-state index contributed by atoms with van der Waals surface area (Å²) in [6.45, 7) is 3.60. The van der Waals surface area contributed by atoms with Crippen molar-refractivity contribution in [3.8, 4) is 17.1 Å². The first-order valence-corrected chi connectivity index (χ1v) is 14.1. The number of amides is 1. The molecule has 3 aromatic rings. The van der Waals surface area contributed by atoms with Gasteiger partial charge in [-0.25, -0.2) is 14.6 Å². The molecule has 0 saturated carbocycles. The van der Waals surface area contributed by atoms with E-state index in [9.17, 15) is 19.5 Å². The molecule has 2 aromatic heterocycles. The average Bonchev–Trinajstić information content (AvgIpc) is 3.33. The number of ether oxygens (including phenoxy) is 2. The van der Waals surface area contributed by atoms with E-state index < -0.39 is 11.6 Å². The molecule has 0 aliphatic carbocycles. The molecule has 41 heavy (non-hydrogen) atoms. The Balaban J connectivity index is 1.40. The predicted octanol–water partition coefficient (Wildman–Crippen LogP) is 2.32. The Morgan fingerprint density at radius 3 is 2.68 bits per heavy atom. The van der Waals surface area contributed by atoms with E-state index >= 15 is 0 Å². The van der Waals surface area contributed by atoms with Gasteiger partial charge in [-0.15, -0.1) is 0 Å². The van der Waals surface area contributed by atoms with E-state index in [1.54, 1.807) is 28.5 Å². The fraction of sp³-hybridized carbons (Fsp3) is 0.467. The van der Waals surface area contributed by atoms with Crippen LogP contribution in [0, 0.1) is 0 Å². The number of pyridine rings is 2. The van der Waals surface area contributed by atoms with Crippen molar-refractivity contribution in [3.05, 3.63) is 56.9 Å². The summed E-state index contributed by atoms with van der Waals surface area (Å²) in [5.74, 6) is -0.260. The molecule has 1 fully saturated rings. The van der Waals surface area contributed by atoms with Crippen molar-refractivity contribution >= 4 is 23.0 Å². The Hall–Kier alpha value is -3.80. The maximum atomic E-state index is 13.5. The summed E-state index contributed by atoms with van der Waals surface area (Å²) >= 11 is 0. The van der Waals surface area contributed by atoms with Gasteiger partial charge in [0.15, 0.2) is 5.60 Å². The van der Waals surface area contributed by atoms with Crippen LogP contribution in [0.1, 0.15) is 48.4 Å². The number of carbonyl (C=O) groups excluding carboxylic acids is 2. The number of carbonyl (C=O) groups is 2. The van der Waals surface area contributed by atoms with Gasteiger partial charge in [0.2, 0.25) is 0 Å². The molecule has 1 aromatic carbocycles. The van der Waals surface area contributed by atoms with Gasteiger partial charge in [0.1, 0.15) is 12.4 Å². The summed E-state index contributed by atoms with van der Waals surface area (Å²) in [5.41, 5.74) is 1.95. The third-order valence-corrected chi connectivity index (χ3v) is 8.59. The maximum absolute atomic E-state index is 13.5. The van der Waals surface area contributed by atoms with Crippen molar-refractivity contribution in [2.75, 3.05) is 34.2 Å². The Kier molecular flexibility index (Phi) is 6.83. The quantitative estimate of drug-likeness (QED) is 0.353. The van der Waals surface area contributed by atoms with Crippen molar-refractivity contribution in [2.45, 2.75) is 57.5 Å². The monoisotopic (exact) mass is 561 g/mol. The SMILES string of the molecule is CCC1(O)C(=O)OCc2c1cc1n(c2=O)Cc2cc3c(CN(C)C)c(OC(=O)N4CCC(NC)CC4)ccc3nc2-1. The zero-order chi connectivity index (χ0) is 29.1. The zero-order valence-corrected chi connectivity index (χ0v) is 23.8. The molecule has 3 aliphatic heterocycles. The lowest BCUT2D eigenvalue weighted by molar-refractivity contribution is -0.172. The molecule has 5 heterocycles. The zero-order valence-electron chi connectivity index (χ0n) is 23.8. The minimum Gasteiger partial charge on any atom is -0.458 e. The van der Waals surface area contributed by atoms with Crippen LogP contribution in [0.25, 0.3) is 22.3 Å². The van der Waals surface area contributed by atoms with Gasteiger partial charge in [0.05, 0.1) is 29.0 Å². The van der Waals surface area contributed by atoms with Crippen molar-refractivity contribution in [1.29, 1.82) is 0 Å². The standard InChI is InChI=1S/C30H35N5O6/c1-5-30(39)22-13-24-26-17(14-35(24)27(36)21(22)16-40-28(30)37)12-19-20(15-33(3)4)25(7-6-23(19)32-26)41-29(38)34-10-8-18(31-2)9-11-34/h6-7,12-13,18,31,39H,5,8-11,14-16H2,1-4H3. The number of aliphatic hydroxyl groups is 1. The molecule has 11 heteroatoms. The smallest absolute Gasteiger partial charge is 0.415 e. The minimum absolute atomic E-state index is 0.0859. The molecule has 1 atom stereocenters. The van der Waals surface area contributed by atoms with Gasteiger partial charge in [-0.3, -0.25) is 4.79 Å². The highest BCUT2D eigenvalue weighted by molar-refractivity contribution is 5.90. The topological polar surface area (TPSA) is 126 Å². The highest BCUT2D eigenvalue weighted by Crippen LogP contribution is 2.40. The number of piperidine rings is 1. The molecule has 0 bridgehead atoms. The molecule has 1 amide bonds. The van der Waals surface area contributed by atoms with Gasteiger partial charge >= 0.3 is 12.1 Å². The molecular formula is C30H35N5O6. The number of esters is 1. The second kappa shape index (κ2) is 10.2. The largest absolute Gasteiger partial charge is 0.458 e. The molecule has 0 spiro atoms. The van der Waals surface area contributed by atoms with Crippen LogP contribution in [-0.2, 0) is 34.8 Å². The van der Waals surface area contributed by atoms with Crippen LogP contribution in [-0.4, -0.2) is 76.8 Å². The van der Waals surface area contributed by atoms with Crippen molar-refractivity contribution < 1.29 is 24.2 Å². The first-order chi connectivity index (χ1) is 19.6. The van der Waals surface area contributed by atoms with Crippen molar-refractivity contribution in [2.24, 2.45) is 0 Å². The molecule has 1 unspecified atom stereocenters. The Labute approximate surface area is 237 Å². The molecule has 1 saturated heterocycles. The number of benzene rings is 1. The maximum Gasteiger partial charge on any atom is 0.415 e. The number of nitrogens with zero attached hydrogens (tertiary/aromatic N) is 4. The lowest BCUT2D eigenvalue weighted by atomic mass is 9.86. The number of cyclic esters (lactones) is 1. The van der Waals surface area contributed by atoms with Crippen LogP contribution in [0.15, 0.2) is 29.1 Å². The normalized spacial score (nSPS) is 20.1. The third kappa shape index (κ3) is 4.48. The molecule has 0 radical (unpaired) electrons. The second-order valence-corrected chi connectivity index (χ2v) is 11.4. The summed E-state index contributed by atoms with van der Waals surface area (Å²) < 4.78 is 12.7. The summed E-state index contributed by atoms with van der Waals surface area (Å²) in [5, 5.41) is 15.2. The van der Waals surface area contributed by atoms with E-state index in [2.05, 4.69) is 5.32 Å². The van der Waals surface area contributed by atoms with E-state index in [0.29, 0.717) is 54.9 Å². The number of likely N-dealkylation sites (tertiary alicyclic amines) is 1. The molecule has 216 valence electrons. The number of fused-ring (bicyclic) bond motifs is 5. The van der Waals surface area contributed by atoms with Gasteiger partial charge < -0.3 is 34.3 Å². The van der Waals surface area contributed by atoms with Crippen LogP contribution >= 0.6 is 0 Å². The Bertz CT molecular complexity index is 1620. The van der Waals surface area contributed by atoms with E-state index in [4.69, 9.17) is 14.5 Å². The number of rotatable bonds is 5. The van der Waals surface area contributed by atoms with Crippen LogP contribution in [0.3, 0.4) is 0 Å². The van der Waals surface area contributed by atoms with Crippen LogP contribution < -0.4 is 15.6 Å². The van der Waals surface area contributed by atoms with Crippen molar-refractivity contribution in [3.63, 3.8) is 0 Å². The number of hydrogen-bond acceptors (Lipinski definition) is 9. The van der Waals surface area contributed by atoms with Crippen LogP contribution in [0.5, 0.6) is 5.75 Å². The molecule has 6 rings (SSSR count). The first-order valence-electron chi connectivity index (χ1n) is 14.1.